The summed E-state index contributed by atoms with van der Waals surface area (Å²) < 4.78 is 4.95. The Labute approximate surface area is 81.5 Å². The van der Waals surface area contributed by atoms with E-state index in [-0.39, 0.29) is 6.61 Å². The molecule has 0 radical (unpaired) electrons. The van der Waals surface area contributed by atoms with E-state index in [9.17, 15) is 0 Å². The second-order valence-electron chi connectivity index (χ2n) is 3.27. The van der Waals surface area contributed by atoms with Crippen molar-refractivity contribution < 1.29 is 9.84 Å². The van der Waals surface area contributed by atoms with E-state index in [1.807, 2.05) is 0 Å². The second kappa shape index (κ2) is 9.96. The van der Waals surface area contributed by atoms with E-state index in [0.29, 0.717) is 6.04 Å². The topological polar surface area (TPSA) is 41.5 Å². The van der Waals surface area contributed by atoms with Gasteiger partial charge < -0.3 is 15.2 Å². The Kier molecular flexibility index (Phi) is 9.87. The lowest BCUT2D eigenvalue weighted by atomic mass is 10.1. The lowest BCUT2D eigenvalue weighted by Crippen LogP contribution is -2.30. The van der Waals surface area contributed by atoms with Crippen molar-refractivity contribution in [2.75, 3.05) is 26.9 Å². The van der Waals surface area contributed by atoms with E-state index < -0.39 is 0 Å². The molecule has 3 heteroatoms. The number of nitrogens with one attached hydrogen (secondary N) is 1. The van der Waals surface area contributed by atoms with Crippen molar-refractivity contribution in [3.8, 4) is 0 Å². The SMILES string of the molecule is CCC(CCO)NCCCCOC. The minimum atomic E-state index is 0.281. The third-order valence-corrected chi connectivity index (χ3v) is 2.18. The molecule has 0 aromatic carbocycles. The first kappa shape index (κ1) is 12.9. The van der Waals surface area contributed by atoms with Crippen molar-refractivity contribution >= 4 is 0 Å². The van der Waals surface area contributed by atoms with E-state index in [2.05, 4.69) is 12.2 Å². The summed E-state index contributed by atoms with van der Waals surface area (Å²) in [6.45, 7) is 4.30. The van der Waals surface area contributed by atoms with Crippen LogP contribution in [0.3, 0.4) is 0 Å². The summed E-state index contributed by atoms with van der Waals surface area (Å²) >= 11 is 0. The first-order valence-electron chi connectivity index (χ1n) is 5.18. The molecule has 0 spiro atoms. The smallest absolute Gasteiger partial charge is 0.0462 e. The van der Waals surface area contributed by atoms with Crippen molar-refractivity contribution in [2.45, 2.75) is 38.6 Å². The van der Waals surface area contributed by atoms with E-state index in [4.69, 9.17) is 9.84 Å². The quantitative estimate of drug-likeness (QED) is 0.535. The number of aliphatic hydroxyl groups excluding tert-OH is 1. The van der Waals surface area contributed by atoms with Crippen LogP contribution in [0.15, 0.2) is 0 Å². The van der Waals surface area contributed by atoms with Gasteiger partial charge in [0.15, 0.2) is 0 Å². The number of hydrogen-bond acceptors (Lipinski definition) is 3. The molecule has 0 bridgehead atoms. The van der Waals surface area contributed by atoms with Crippen LogP contribution < -0.4 is 5.32 Å². The molecule has 0 rings (SSSR count). The predicted octanol–water partition coefficient (Wildman–Crippen LogP) is 1.16. The molecule has 1 atom stereocenters. The summed E-state index contributed by atoms with van der Waals surface area (Å²) in [6, 6.07) is 0.479. The first-order chi connectivity index (χ1) is 6.35. The fraction of sp³-hybridized carbons (Fsp3) is 1.00. The van der Waals surface area contributed by atoms with Crippen molar-refractivity contribution in [1.82, 2.24) is 5.32 Å². The number of unbranched alkanes of at least 4 members (excludes halogenated alkanes) is 1. The van der Waals surface area contributed by atoms with Crippen LogP contribution in [0.25, 0.3) is 0 Å². The molecule has 0 aliphatic rings. The van der Waals surface area contributed by atoms with Crippen LogP contribution in [0.2, 0.25) is 0 Å². The highest BCUT2D eigenvalue weighted by atomic mass is 16.5. The normalized spacial score (nSPS) is 13.2. The highest BCUT2D eigenvalue weighted by Crippen LogP contribution is 1.97. The molecule has 3 nitrogen and oxygen atoms in total. The van der Waals surface area contributed by atoms with Crippen LogP contribution in [-0.4, -0.2) is 38.0 Å². The molecular weight excluding hydrogens is 166 g/mol. The van der Waals surface area contributed by atoms with E-state index in [0.717, 1.165) is 38.8 Å². The molecule has 0 aromatic heterocycles. The highest BCUT2D eigenvalue weighted by Gasteiger charge is 2.02. The van der Waals surface area contributed by atoms with Crippen LogP contribution in [0, 0.1) is 0 Å². The lowest BCUT2D eigenvalue weighted by Gasteiger charge is -2.15. The average Bonchev–Trinajstić information content (AvgIpc) is 2.16. The number of methoxy groups -OCH3 is 1. The first-order valence-corrected chi connectivity index (χ1v) is 5.18. The lowest BCUT2D eigenvalue weighted by molar-refractivity contribution is 0.191. The maximum atomic E-state index is 8.75. The Morgan fingerprint density at radius 3 is 2.69 bits per heavy atom. The van der Waals surface area contributed by atoms with Crippen LogP contribution >= 0.6 is 0 Å². The number of hydrogen-bond donors (Lipinski definition) is 2. The molecule has 2 N–H and O–H groups in total. The zero-order valence-corrected chi connectivity index (χ0v) is 8.88. The predicted molar refractivity (Wildman–Crippen MR) is 54.9 cm³/mol. The van der Waals surface area contributed by atoms with Gasteiger partial charge in [0.1, 0.15) is 0 Å². The average molecular weight is 189 g/mol. The molecule has 0 saturated heterocycles. The molecular formula is C10H23NO2. The fourth-order valence-corrected chi connectivity index (χ4v) is 1.28. The van der Waals surface area contributed by atoms with Crippen LogP contribution in [-0.2, 0) is 4.74 Å². The molecule has 0 heterocycles. The van der Waals surface area contributed by atoms with Gasteiger partial charge in [0, 0.05) is 26.4 Å². The maximum Gasteiger partial charge on any atom is 0.0462 e. The molecule has 0 amide bonds. The summed E-state index contributed by atoms with van der Waals surface area (Å²) in [5.41, 5.74) is 0. The summed E-state index contributed by atoms with van der Waals surface area (Å²) in [5, 5.41) is 12.2. The van der Waals surface area contributed by atoms with Crippen molar-refractivity contribution in [2.24, 2.45) is 0 Å². The Hall–Kier alpha value is -0.120. The number of ether oxygens (including phenoxy) is 1. The largest absolute Gasteiger partial charge is 0.396 e. The highest BCUT2D eigenvalue weighted by molar-refractivity contribution is 4.63. The molecule has 80 valence electrons. The van der Waals surface area contributed by atoms with Gasteiger partial charge in [-0.1, -0.05) is 6.92 Å². The third kappa shape index (κ3) is 8.22. The number of aliphatic hydroxyl groups is 1. The third-order valence-electron chi connectivity index (χ3n) is 2.18. The molecule has 0 fully saturated rings. The Morgan fingerprint density at radius 2 is 2.15 bits per heavy atom. The van der Waals surface area contributed by atoms with Crippen LogP contribution in [0.5, 0.6) is 0 Å². The van der Waals surface area contributed by atoms with E-state index in [1.165, 1.54) is 0 Å². The molecule has 0 aliphatic heterocycles. The van der Waals surface area contributed by atoms with Gasteiger partial charge in [-0.15, -0.1) is 0 Å². The zero-order valence-electron chi connectivity index (χ0n) is 8.88. The van der Waals surface area contributed by atoms with E-state index >= 15 is 0 Å². The van der Waals surface area contributed by atoms with Gasteiger partial charge in [-0.25, -0.2) is 0 Å². The van der Waals surface area contributed by atoms with Gasteiger partial charge in [-0.3, -0.25) is 0 Å². The van der Waals surface area contributed by atoms with Crippen molar-refractivity contribution in [1.29, 1.82) is 0 Å². The van der Waals surface area contributed by atoms with Gasteiger partial charge in [-0.05, 0) is 32.2 Å². The van der Waals surface area contributed by atoms with E-state index in [1.54, 1.807) is 7.11 Å². The minimum Gasteiger partial charge on any atom is -0.396 e. The molecule has 1 unspecified atom stereocenters. The Balaban J connectivity index is 3.17. The van der Waals surface area contributed by atoms with Crippen LogP contribution in [0.1, 0.15) is 32.6 Å². The van der Waals surface area contributed by atoms with Crippen molar-refractivity contribution in [3.63, 3.8) is 0 Å². The molecule has 0 aliphatic carbocycles. The Morgan fingerprint density at radius 1 is 1.38 bits per heavy atom. The fourth-order valence-electron chi connectivity index (χ4n) is 1.28. The standard InChI is InChI=1S/C10H23NO2/c1-3-10(6-8-12)11-7-4-5-9-13-2/h10-12H,3-9H2,1-2H3. The van der Waals surface area contributed by atoms with Gasteiger partial charge in [0.05, 0.1) is 0 Å². The molecule has 0 aromatic rings. The second-order valence-corrected chi connectivity index (χ2v) is 3.27. The Bertz CT molecular complexity index is 98.9. The summed E-state index contributed by atoms with van der Waals surface area (Å²) in [4.78, 5) is 0. The zero-order chi connectivity index (χ0) is 9.94. The summed E-state index contributed by atoms with van der Waals surface area (Å²) in [7, 11) is 1.73. The number of rotatable bonds is 9. The summed E-state index contributed by atoms with van der Waals surface area (Å²) in [6.07, 6.45) is 4.21. The maximum absolute atomic E-state index is 8.75. The van der Waals surface area contributed by atoms with Gasteiger partial charge in [0.25, 0.3) is 0 Å². The van der Waals surface area contributed by atoms with Crippen LogP contribution in [0.4, 0.5) is 0 Å². The minimum absolute atomic E-state index is 0.281. The monoisotopic (exact) mass is 189 g/mol. The molecule has 13 heavy (non-hydrogen) atoms. The van der Waals surface area contributed by atoms with Gasteiger partial charge in [0.2, 0.25) is 0 Å². The summed E-state index contributed by atoms with van der Waals surface area (Å²) in [5.74, 6) is 0. The van der Waals surface area contributed by atoms with Crippen molar-refractivity contribution in [3.05, 3.63) is 0 Å². The molecule has 0 saturated carbocycles. The van der Waals surface area contributed by atoms with Gasteiger partial charge >= 0.3 is 0 Å². The van der Waals surface area contributed by atoms with Gasteiger partial charge in [-0.2, -0.15) is 0 Å².